The number of aliphatic hydroxyl groups excluding tert-OH is 2. The van der Waals surface area contributed by atoms with Crippen molar-refractivity contribution in [3.8, 4) is 0 Å². The van der Waals surface area contributed by atoms with Gasteiger partial charge in [-0.3, -0.25) is 4.79 Å². The number of carbonyl (C=O) groups excluding carboxylic acids is 1. The van der Waals surface area contributed by atoms with Crippen molar-refractivity contribution in [3.05, 3.63) is 12.2 Å². The Bertz CT molecular complexity index is 577. The molecule has 0 radical (unpaired) electrons. The van der Waals surface area contributed by atoms with Gasteiger partial charge in [-0.15, -0.1) is 5.10 Å². The molecule has 1 fully saturated rings. The molecule has 1 saturated heterocycles. The minimum absolute atomic E-state index is 0.277. The van der Waals surface area contributed by atoms with E-state index in [0.29, 0.717) is 0 Å². The van der Waals surface area contributed by atoms with E-state index in [1.165, 1.54) is 0 Å². The van der Waals surface area contributed by atoms with Crippen molar-refractivity contribution in [1.29, 1.82) is 0 Å². The summed E-state index contributed by atoms with van der Waals surface area (Å²) in [7, 11) is 0. The number of ether oxygens (including phenoxy) is 1. The van der Waals surface area contributed by atoms with E-state index in [9.17, 15) is 15.0 Å². The van der Waals surface area contributed by atoms with Gasteiger partial charge in [0.15, 0.2) is 6.23 Å². The highest BCUT2D eigenvalue weighted by Crippen LogP contribution is 2.38. The molecule has 0 spiro atoms. The average Bonchev–Trinajstić information content (AvgIpc) is 2.94. The van der Waals surface area contributed by atoms with Gasteiger partial charge in [0.1, 0.15) is 24.6 Å². The predicted molar refractivity (Wildman–Crippen MR) is 69.1 cm³/mol. The quantitative estimate of drug-likeness (QED) is 0.353. The smallest absolute Gasteiger partial charge is 0.321 e. The zero-order valence-electron chi connectivity index (χ0n) is 10.4. The van der Waals surface area contributed by atoms with Crippen molar-refractivity contribution in [1.82, 2.24) is 14.8 Å². The van der Waals surface area contributed by atoms with E-state index in [-0.39, 0.29) is 5.82 Å². The molecule has 0 saturated carbocycles. The Kier molecular flexibility index (Phi) is 4.70. The molecule has 0 bridgehead atoms. The Morgan fingerprint density at radius 3 is 2.71 bits per heavy atom. The van der Waals surface area contributed by atoms with Crippen LogP contribution in [0.25, 0.3) is 0 Å². The number of rotatable bonds is 5. The van der Waals surface area contributed by atoms with Gasteiger partial charge in [-0.1, -0.05) is 0 Å². The van der Waals surface area contributed by atoms with Gasteiger partial charge in [-0.25, -0.2) is 9.67 Å². The summed E-state index contributed by atoms with van der Waals surface area (Å²) in [6.45, 7) is -4.33. The van der Waals surface area contributed by atoms with Crippen LogP contribution >= 0.6 is 6.72 Å². The molecular formula is C8H13N4O7PS. The molecule has 2 rings (SSSR count). The number of amides is 1. The Morgan fingerprint density at radius 2 is 2.19 bits per heavy atom. The Balaban J connectivity index is 2.08. The molecule has 4 atom stereocenters. The van der Waals surface area contributed by atoms with Gasteiger partial charge in [0.25, 0.3) is 5.91 Å². The van der Waals surface area contributed by atoms with Crippen LogP contribution in [-0.4, -0.2) is 65.6 Å². The van der Waals surface area contributed by atoms with Crippen LogP contribution in [0.2, 0.25) is 0 Å². The standard InChI is InChI=1S/C8H13N4O7PS/c9-6(15)7-10-2-12(11-7)8-5(14)4(13)3(19-8)1-18-20(16,17)21/h2-5,8,13-14H,1H2,(H2,9,15)(H2,16,17,21)/t3-,4-,5-,8-/m1/s1. The van der Waals surface area contributed by atoms with Crippen molar-refractivity contribution in [2.75, 3.05) is 6.61 Å². The Hall–Kier alpha value is -0.980. The van der Waals surface area contributed by atoms with Crippen LogP contribution < -0.4 is 5.73 Å². The van der Waals surface area contributed by atoms with E-state index in [1.54, 1.807) is 0 Å². The summed E-state index contributed by atoms with van der Waals surface area (Å²) in [5.41, 5.74) is 5.00. The van der Waals surface area contributed by atoms with Crippen LogP contribution in [0.15, 0.2) is 6.33 Å². The maximum Gasteiger partial charge on any atom is 0.321 e. The number of aliphatic hydroxyl groups is 2. The zero-order chi connectivity index (χ0) is 15.8. The maximum absolute atomic E-state index is 10.9. The third-order valence-corrected chi connectivity index (χ3v) is 3.54. The van der Waals surface area contributed by atoms with Crippen molar-refractivity contribution >= 4 is 24.4 Å². The number of aromatic nitrogens is 3. The normalized spacial score (nSPS) is 29.7. The fourth-order valence-electron chi connectivity index (χ4n) is 1.77. The highest BCUT2D eigenvalue weighted by molar-refractivity contribution is 8.06. The second kappa shape index (κ2) is 6.02. The summed E-state index contributed by atoms with van der Waals surface area (Å²) in [4.78, 5) is 32.4. The van der Waals surface area contributed by atoms with E-state index < -0.39 is 43.8 Å². The van der Waals surface area contributed by atoms with Gasteiger partial charge < -0.3 is 35.0 Å². The molecule has 11 nitrogen and oxygen atoms in total. The second-order valence-corrected chi connectivity index (χ2v) is 6.91. The lowest BCUT2D eigenvalue weighted by Crippen LogP contribution is -2.33. The molecule has 13 heteroatoms. The molecular weight excluding hydrogens is 327 g/mol. The molecule has 21 heavy (non-hydrogen) atoms. The van der Waals surface area contributed by atoms with E-state index in [2.05, 4.69) is 26.4 Å². The molecule has 0 unspecified atom stereocenters. The minimum Gasteiger partial charge on any atom is -0.387 e. The molecule has 118 valence electrons. The average molecular weight is 340 g/mol. The van der Waals surface area contributed by atoms with E-state index in [0.717, 1.165) is 11.0 Å². The molecule has 1 aromatic heterocycles. The van der Waals surface area contributed by atoms with Crippen LogP contribution in [0.1, 0.15) is 16.8 Å². The van der Waals surface area contributed by atoms with E-state index in [1.807, 2.05) is 0 Å². The lowest BCUT2D eigenvalue weighted by Gasteiger charge is -2.16. The van der Waals surface area contributed by atoms with Gasteiger partial charge in [-0.2, -0.15) is 0 Å². The van der Waals surface area contributed by atoms with E-state index >= 15 is 0 Å². The van der Waals surface area contributed by atoms with Crippen molar-refractivity contribution in [2.45, 2.75) is 24.5 Å². The summed E-state index contributed by atoms with van der Waals surface area (Å²) in [6, 6.07) is 0. The fraction of sp³-hybridized carbons (Fsp3) is 0.625. The topological polar surface area (TPSA) is 173 Å². The van der Waals surface area contributed by atoms with Crippen LogP contribution in [0.5, 0.6) is 0 Å². The number of primary amides is 1. The SMILES string of the molecule is NC(=O)c1ncn([C@@H]2O[C@H](COP(O)(O)=S)[C@@H](O)[C@H]2O)n1. The number of hydrogen-bond acceptors (Lipinski definition) is 8. The first-order valence-electron chi connectivity index (χ1n) is 5.61. The molecule has 1 amide bonds. The largest absolute Gasteiger partial charge is 0.387 e. The van der Waals surface area contributed by atoms with Crippen molar-refractivity contribution in [3.63, 3.8) is 0 Å². The Morgan fingerprint density at radius 1 is 1.52 bits per heavy atom. The summed E-state index contributed by atoms with van der Waals surface area (Å²) < 4.78 is 10.9. The number of hydrogen-bond donors (Lipinski definition) is 5. The molecule has 1 aromatic rings. The first kappa shape index (κ1) is 16.4. The van der Waals surface area contributed by atoms with E-state index in [4.69, 9.17) is 20.3 Å². The zero-order valence-corrected chi connectivity index (χ0v) is 12.1. The van der Waals surface area contributed by atoms with Gasteiger partial charge in [0.05, 0.1) is 6.61 Å². The molecule has 1 aliphatic heterocycles. The first-order chi connectivity index (χ1) is 9.69. The molecule has 0 aromatic carbocycles. The lowest BCUT2D eigenvalue weighted by atomic mass is 10.1. The third-order valence-electron chi connectivity index (χ3n) is 2.73. The molecule has 6 N–H and O–H groups in total. The second-order valence-electron chi connectivity index (χ2n) is 4.25. The summed E-state index contributed by atoms with van der Waals surface area (Å²) in [5, 5.41) is 23.4. The van der Waals surface area contributed by atoms with Gasteiger partial charge in [0, 0.05) is 0 Å². The monoisotopic (exact) mass is 340 g/mol. The highest BCUT2D eigenvalue weighted by Gasteiger charge is 2.44. The summed E-state index contributed by atoms with van der Waals surface area (Å²) in [5.74, 6) is -1.14. The van der Waals surface area contributed by atoms with Crippen LogP contribution in [0, 0.1) is 0 Å². The molecule has 2 heterocycles. The molecule has 0 aliphatic carbocycles. The lowest BCUT2D eigenvalue weighted by molar-refractivity contribution is -0.0566. The van der Waals surface area contributed by atoms with Crippen LogP contribution in [0.3, 0.4) is 0 Å². The van der Waals surface area contributed by atoms with Crippen LogP contribution in [0.4, 0.5) is 0 Å². The van der Waals surface area contributed by atoms with Crippen LogP contribution in [-0.2, 0) is 21.1 Å². The number of nitrogens with zero attached hydrogens (tertiary/aromatic N) is 3. The summed E-state index contributed by atoms with van der Waals surface area (Å²) >= 11 is 4.26. The maximum atomic E-state index is 10.9. The highest BCUT2D eigenvalue weighted by atomic mass is 32.5. The number of carbonyl (C=O) groups is 1. The van der Waals surface area contributed by atoms with Gasteiger partial charge in [0.2, 0.25) is 5.82 Å². The van der Waals surface area contributed by atoms with Gasteiger partial charge >= 0.3 is 6.72 Å². The Labute approximate surface area is 123 Å². The number of nitrogens with two attached hydrogens (primary N) is 1. The molecule has 1 aliphatic rings. The predicted octanol–water partition coefficient (Wildman–Crippen LogP) is -2.78. The third kappa shape index (κ3) is 3.81. The summed E-state index contributed by atoms with van der Waals surface area (Å²) in [6.07, 6.45) is -3.86. The van der Waals surface area contributed by atoms with Crippen molar-refractivity contribution in [2.24, 2.45) is 5.73 Å². The fourth-order valence-corrected chi connectivity index (χ4v) is 2.29. The van der Waals surface area contributed by atoms with Crippen molar-refractivity contribution < 1.29 is 34.1 Å². The first-order valence-corrected chi connectivity index (χ1v) is 8.24. The minimum atomic E-state index is -3.90. The van der Waals surface area contributed by atoms with Gasteiger partial charge in [-0.05, 0) is 11.8 Å².